The van der Waals surface area contributed by atoms with Crippen LogP contribution in [0.5, 0.6) is 5.75 Å². The van der Waals surface area contributed by atoms with Gasteiger partial charge in [-0.1, -0.05) is 24.3 Å². The van der Waals surface area contributed by atoms with Gasteiger partial charge in [-0.2, -0.15) is 13.2 Å². The Morgan fingerprint density at radius 2 is 1.87 bits per heavy atom. The Bertz CT molecular complexity index is 1220. The van der Waals surface area contributed by atoms with Crippen molar-refractivity contribution in [1.29, 1.82) is 0 Å². The molecule has 1 amide bonds. The van der Waals surface area contributed by atoms with Crippen molar-refractivity contribution in [3.63, 3.8) is 0 Å². The van der Waals surface area contributed by atoms with Gasteiger partial charge in [0.25, 0.3) is 0 Å². The Labute approximate surface area is 220 Å². The number of amides is 1. The number of piperazine rings is 1. The maximum Gasteiger partial charge on any atom is 0.416 e. The zero-order valence-electron chi connectivity index (χ0n) is 21.0. The molecular formula is C29H31F3N4O2. The van der Waals surface area contributed by atoms with Crippen LogP contribution in [-0.2, 0) is 23.8 Å². The molecule has 200 valence electrons. The zero-order valence-corrected chi connectivity index (χ0v) is 21.0. The lowest BCUT2D eigenvalue weighted by atomic mass is 9.82. The summed E-state index contributed by atoms with van der Waals surface area (Å²) in [6.07, 6.45) is -1.86. The van der Waals surface area contributed by atoms with Crippen LogP contribution in [-0.4, -0.2) is 61.2 Å². The number of fused-ring (bicyclic) bond motifs is 3. The Morgan fingerprint density at radius 3 is 2.63 bits per heavy atom. The van der Waals surface area contributed by atoms with Gasteiger partial charge in [-0.25, -0.2) is 0 Å². The molecule has 5 rings (SSSR count). The van der Waals surface area contributed by atoms with E-state index in [9.17, 15) is 18.0 Å². The molecule has 0 saturated carbocycles. The number of hydrogen-bond acceptors (Lipinski definition) is 5. The number of ether oxygens (including phenoxy) is 1. The van der Waals surface area contributed by atoms with E-state index >= 15 is 0 Å². The Hall–Kier alpha value is -3.59. The van der Waals surface area contributed by atoms with Crippen LogP contribution in [0.3, 0.4) is 0 Å². The van der Waals surface area contributed by atoms with E-state index in [0.29, 0.717) is 44.8 Å². The van der Waals surface area contributed by atoms with Crippen molar-refractivity contribution >= 4 is 11.6 Å². The number of aromatic nitrogens is 1. The molecule has 1 N–H and O–H groups in total. The number of benzene rings is 2. The highest BCUT2D eigenvalue weighted by Crippen LogP contribution is 2.39. The maximum atomic E-state index is 13.4. The second-order valence-electron chi connectivity index (χ2n) is 9.74. The quantitative estimate of drug-likeness (QED) is 0.479. The van der Waals surface area contributed by atoms with Gasteiger partial charge in [-0.05, 0) is 54.4 Å². The molecule has 1 fully saturated rings. The lowest BCUT2D eigenvalue weighted by Crippen LogP contribution is -2.61. The van der Waals surface area contributed by atoms with E-state index in [1.165, 1.54) is 6.07 Å². The number of para-hydroxylation sites is 1. The largest absolute Gasteiger partial charge is 0.492 e. The summed E-state index contributed by atoms with van der Waals surface area (Å²) in [5.74, 6) is 0.206. The SMILES string of the molecule is O=C(NCCc1ccccn1)C1Cc2cc(C(F)(F)F)ccc2N2CCN(CCOc3ccccc3)CC12. The van der Waals surface area contributed by atoms with Crippen molar-refractivity contribution in [1.82, 2.24) is 15.2 Å². The monoisotopic (exact) mass is 524 g/mol. The van der Waals surface area contributed by atoms with Crippen molar-refractivity contribution < 1.29 is 22.7 Å². The van der Waals surface area contributed by atoms with E-state index in [0.717, 1.165) is 29.7 Å². The average molecular weight is 525 g/mol. The molecule has 6 nitrogen and oxygen atoms in total. The van der Waals surface area contributed by atoms with Gasteiger partial charge in [0, 0.05) is 56.7 Å². The predicted molar refractivity (Wildman–Crippen MR) is 139 cm³/mol. The number of anilines is 1. The molecule has 0 spiro atoms. The summed E-state index contributed by atoms with van der Waals surface area (Å²) in [6, 6.07) is 19.0. The molecule has 1 saturated heterocycles. The normalized spacial score (nSPS) is 19.4. The van der Waals surface area contributed by atoms with E-state index in [-0.39, 0.29) is 18.4 Å². The molecule has 38 heavy (non-hydrogen) atoms. The third-order valence-electron chi connectivity index (χ3n) is 7.29. The van der Waals surface area contributed by atoms with E-state index in [2.05, 4.69) is 20.1 Å². The lowest BCUT2D eigenvalue weighted by Gasteiger charge is -2.49. The van der Waals surface area contributed by atoms with E-state index in [1.54, 1.807) is 12.3 Å². The van der Waals surface area contributed by atoms with Gasteiger partial charge in [0.05, 0.1) is 17.5 Å². The number of carbonyl (C=O) groups is 1. The molecule has 9 heteroatoms. The third kappa shape index (κ3) is 6.10. The maximum absolute atomic E-state index is 13.4. The van der Waals surface area contributed by atoms with Crippen molar-refractivity contribution in [2.45, 2.75) is 25.1 Å². The summed E-state index contributed by atoms with van der Waals surface area (Å²) in [5.41, 5.74) is 1.56. The number of nitrogens with zero attached hydrogens (tertiary/aromatic N) is 3. The van der Waals surface area contributed by atoms with Gasteiger partial charge >= 0.3 is 6.18 Å². The second-order valence-corrected chi connectivity index (χ2v) is 9.74. The van der Waals surface area contributed by atoms with Crippen molar-refractivity contribution in [3.8, 4) is 5.75 Å². The van der Waals surface area contributed by atoms with E-state index in [4.69, 9.17) is 4.74 Å². The van der Waals surface area contributed by atoms with Gasteiger partial charge in [0.1, 0.15) is 12.4 Å². The molecule has 1 aromatic heterocycles. The molecule has 3 aromatic rings. The minimum Gasteiger partial charge on any atom is -0.492 e. The fourth-order valence-electron chi connectivity index (χ4n) is 5.36. The number of hydrogen-bond donors (Lipinski definition) is 1. The first kappa shape index (κ1) is 26.0. The standard InChI is InChI=1S/C29H31F3N4O2/c30-29(31,32)22-9-10-26-21(18-22)19-25(28(37)34-13-11-23-6-4-5-12-33-23)27-20-35(14-15-36(26)27)16-17-38-24-7-2-1-3-8-24/h1-10,12,18,25,27H,11,13-17,19-20H2,(H,34,37). The van der Waals surface area contributed by atoms with Gasteiger partial charge in [0.15, 0.2) is 0 Å². The summed E-state index contributed by atoms with van der Waals surface area (Å²) in [5, 5.41) is 3.02. The fourth-order valence-corrected chi connectivity index (χ4v) is 5.36. The van der Waals surface area contributed by atoms with Crippen LogP contribution in [0.4, 0.5) is 18.9 Å². The molecule has 3 heterocycles. The van der Waals surface area contributed by atoms with Gasteiger partial charge < -0.3 is 15.0 Å². The number of nitrogens with one attached hydrogen (secondary N) is 1. The highest BCUT2D eigenvalue weighted by atomic mass is 19.4. The molecule has 0 bridgehead atoms. The van der Waals surface area contributed by atoms with Crippen LogP contribution in [0.15, 0.2) is 72.9 Å². The second kappa shape index (κ2) is 11.4. The summed E-state index contributed by atoms with van der Waals surface area (Å²) >= 11 is 0. The van der Waals surface area contributed by atoms with Gasteiger partial charge in [-0.15, -0.1) is 0 Å². The smallest absolute Gasteiger partial charge is 0.416 e. The Balaban J connectivity index is 1.30. The van der Waals surface area contributed by atoms with Crippen LogP contribution in [0.1, 0.15) is 16.8 Å². The summed E-state index contributed by atoms with van der Waals surface area (Å²) in [4.78, 5) is 22.1. The van der Waals surface area contributed by atoms with Crippen LogP contribution in [0, 0.1) is 5.92 Å². The highest BCUT2D eigenvalue weighted by Gasteiger charge is 2.42. The number of rotatable bonds is 8. The molecule has 2 atom stereocenters. The van der Waals surface area contributed by atoms with Crippen LogP contribution in [0.25, 0.3) is 0 Å². The first-order chi connectivity index (χ1) is 18.4. The van der Waals surface area contributed by atoms with Crippen LogP contribution < -0.4 is 15.0 Å². The number of carbonyl (C=O) groups excluding carboxylic acids is 1. The molecule has 0 aliphatic carbocycles. The fraction of sp³-hybridized carbons (Fsp3) is 0.379. The minimum atomic E-state index is -4.43. The Morgan fingerprint density at radius 1 is 1.05 bits per heavy atom. The highest BCUT2D eigenvalue weighted by molar-refractivity contribution is 5.82. The molecule has 0 radical (unpaired) electrons. The first-order valence-electron chi connectivity index (χ1n) is 12.9. The number of halogens is 3. The molecular weight excluding hydrogens is 493 g/mol. The minimum absolute atomic E-state index is 0.138. The van der Waals surface area contributed by atoms with Crippen molar-refractivity contribution in [2.75, 3.05) is 44.2 Å². The summed E-state index contributed by atoms with van der Waals surface area (Å²) in [6.45, 7) is 3.64. The third-order valence-corrected chi connectivity index (χ3v) is 7.29. The summed E-state index contributed by atoms with van der Waals surface area (Å²) < 4.78 is 46.2. The Kier molecular flexibility index (Phi) is 7.83. The van der Waals surface area contributed by atoms with Crippen molar-refractivity contribution in [3.05, 3.63) is 89.7 Å². The molecule has 2 unspecified atom stereocenters. The number of pyridine rings is 1. The van der Waals surface area contributed by atoms with Gasteiger partial charge in [0.2, 0.25) is 5.91 Å². The van der Waals surface area contributed by atoms with Crippen molar-refractivity contribution in [2.24, 2.45) is 5.92 Å². The number of alkyl halides is 3. The predicted octanol–water partition coefficient (Wildman–Crippen LogP) is 4.20. The van der Waals surface area contributed by atoms with Crippen LogP contribution in [0.2, 0.25) is 0 Å². The van der Waals surface area contributed by atoms with Gasteiger partial charge in [-0.3, -0.25) is 14.7 Å². The first-order valence-corrected chi connectivity index (χ1v) is 12.9. The van der Waals surface area contributed by atoms with Crippen LogP contribution >= 0.6 is 0 Å². The molecule has 2 aliphatic heterocycles. The van der Waals surface area contributed by atoms with E-state index < -0.39 is 17.7 Å². The molecule has 2 aliphatic rings. The zero-order chi connectivity index (χ0) is 26.5. The topological polar surface area (TPSA) is 57.7 Å². The van der Waals surface area contributed by atoms with E-state index in [1.807, 2.05) is 48.5 Å². The average Bonchev–Trinajstić information content (AvgIpc) is 2.93. The lowest BCUT2D eigenvalue weighted by molar-refractivity contribution is -0.137. The summed E-state index contributed by atoms with van der Waals surface area (Å²) in [7, 11) is 0. The molecule has 2 aromatic carbocycles.